The van der Waals surface area contributed by atoms with Gasteiger partial charge in [0.15, 0.2) is 6.23 Å². The predicted octanol–water partition coefficient (Wildman–Crippen LogP) is 1.03. The van der Waals surface area contributed by atoms with E-state index in [0.29, 0.717) is 13.1 Å². The monoisotopic (exact) mass is 372 g/mol. The van der Waals surface area contributed by atoms with Gasteiger partial charge in [0.05, 0.1) is 5.92 Å². The standard InChI is InChI=1S/C20H24N2O5/c1-12-18(20(26)27-19(12)21-13(2)24)16-5-3-14(4-6-16)15-7-9-22(10-8-15)17(25)11-23/h3-7,12,18-19,23H,8-11H2,1-2H3,(H,21,24)/t12?,18?,19-/m1/s1. The summed E-state index contributed by atoms with van der Waals surface area (Å²) >= 11 is 0. The van der Waals surface area contributed by atoms with E-state index in [9.17, 15) is 14.4 Å². The molecule has 2 aliphatic rings. The van der Waals surface area contributed by atoms with Gasteiger partial charge in [-0.05, 0) is 23.1 Å². The van der Waals surface area contributed by atoms with Crippen LogP contribution in [-0.4, -0.2) is 53.7 Å². The minimum Gasteiger partial charge on any atom is -0.441 e. The number of hydrogen-bond donors (Lipinski definition) is 2. The maximum atomic E-state index is 12.2. The predicted molar refractivity (Wildman–Crippen MR) is 98.3 cm³/mol. The summed E-state index contributed by atoms with van der Waals surface area (Å²) in [6, 6.07) is 7.77. The highest BCUT2D eigenvalue weighted by molar-refractivity contribution is 5.82. The van der Waals surface area contributed by atoms with Crippen molar-refractivity contribution >= 4 is 23.4 Å². The largest absolute Gasteiger partial charge is 0.441 e. The Morgan fingerprint density at radius 3 is 2.56 bits per heavy atom. The number of esters is 1. The second kappa shape index (κ2) is 7.92. The Morgan fingerprint density at radius 2 is 2.00 bits per heavy atom. The van der Waals surface area contributed by atoms with Crippen molar-refractivity contribution in [1.29, 1.82) is 0 Å². The Balaban J connectivity index is 1.71. The molecule has 1 fully saturated rings. The zero-order valence-electron chi connectivity index (χ0n) is 15.5. The van der Waals surface area contributed by atoms with Crippen molar-refractivity contribution < 1.29 is 24.2 Å². The third-order valence-electron chi connectivity index (χ3n) is 5.18. The summed E-state index contributed by atoms with van der Waals surface area (Å²) in [4.78, 5) is 36.7. The summed E-state index contributed by atoms with van der Waals surface area (Å²) in [5.74, 6) is -1.38. The lowest BCUT2D eigenvalue weighted by molar-refractivity contribution is -0.144. The second-order valence-corrected chi connectivity index (χ2v) is 6.99. The number of rotatable bonds is 4. The number of nitrogens with zero attached hydrogens (tertiary/aromatic N) is 1. The first-order valence-electron chi connectivity index (χ1n) is 9.06. The van der Waals surface area contributed by atoms with Crippen LogP contribution in [-0.2, 0) is 19.1 Å². The van der Waals surface area contributed by atoms with E-state index in [2.05, 4.69) is 5.32 Å². The van der Waals surface area contributed by atoms with Crippen LogP contribution >= 0.6 is 0 Å². The molecule has 3 atom stereocenters. The van der Waals surface area contributed by atoms with Crippen molar-refractivity contribution in [3.63, 3.8) is 0 Å². The molecule has 2 heterocycles. The average Bonchev–Trinajstić information content (AvgIpc) is 2.94. The zero-order valence-corrected chi connectivity index (χ0v) is 15.5. The topological polar surface area (TPSA) is 95.9 Å². The lowest BCUT2D eigenvalue weighted by atomic mass is 9.87. The van der Waals surface area contributed by atoms with Crippen molar-refractivity contribution in [2.45, 2.75) is 32.4 Å². The van der Waals surface area contributed by atoms with Crippen LogP contribution in [0.25, 0.3) is 5.57 Å². The van der Waals surface area contributed by atoms with E-state index >= 15 is 0 Å². The van der Waals surface area contributed by atoms with Gasteiger partial charge < -0.3 is 20.1 Å². The van der Waals surface area contributed by atoms with E-state index in [4.69, 9.17) is 9.84 Å². The maximum Gasteiger partial charge on any atom is 0.315 e. The van der Waals surface area contributed by atoms with E-state index in [1.165, 1.54) is 6.92 Å². The maximum absolute atomic E-state index is 12.2. The minimum absolute atomic E-state index is 0.154. The normalized spacial score (nSPS) is 25.0. The number of carbonyl (C=O) groups is 3. The molecule has 2 aliphatic heterocycles. The molecule has 0 saturated carbocycles. The highest BCUT2D eigenvalue weighted by atomic mass is 16.6. The van der Waals surface area contributed by atoms with E-state index in [1.54, 1.807) is 4.90 Å². The smallest absolute Gasteiger partial charge is 0.315 e. The molecule has 144 valence electrons. The molecule has 1 aromatic carbocycles. The van der Waals surface area contributed by atoms with Gasteiger partial charge in [-0.1, -0.05) is 37.3 Å². The third-order valence-corrected chi connectivity index (χ3v) is 5.18. The van der Waals surface area contributed by atoms with Crippen LogP contribution < -0.4 is 5.32 Å². The van der Waals surface area contributed by atoms with Crippen molar-refractivity contribution in [3.05, 3.63) is 41.5 Å². The Hall–Kier alpha value is -2.67. The van der Waals surface area contributed by atoms with E-state index in [-0.39, 0.29) is 23.7 Å². The summed E-state index contributed by atoms with van der Waals surface area (Å²) < 4.78 is 5.30. The molecule has 2 N–H and O–H groups in total. The number of ether oxygens (including phenoxy) is 1. The molecular formula is C20H24N2O5. The van der Waals surface area contributed by atoms with Crippen LogP contribution in [0.3, 0.4) is 0 Å². The Labute approximate surface area is 158 Å². The molecule has 1 aromatic rings. The first-order valence-corrected chi connectivity index (χ1v) is 9.06. The van der Waals surface area contributed by atoms with Crippen LogP contribution in [0.2, 0.25) is 0 Å². The number of amides is 2. The van der Waals surface area contributed by atoms with Gasteiger partial charge in [-0.3, -0.25) is 14.4 Å². The quantitative estimate of drug-likeness (QED) is 0.770. The molecule has 0 bridgehead atoms. The van der Waals surface area contributed by atoms with Gasteiger partial charge in [0.2, 0.25) is 11.8 Å². The summed E-state index contributed by atoms with van der Waals surface area (Å²) in [5, 5.41) is 11.6. The number of cyclic esters (lactones) is 1. The zero-order chi connectivity index (χ0) is 19.6. The highest BCUT2D eigenvalue weighted by Gasteiger charge is 2.43. The molecule has 7 heteroatoms. The van der Waals surface area contributed by atoms with E-state index in [1.807, 2.05) is 37.3 Å². The fourth-order valence-corrected chi connectivity index (χ4v) is 3.66. The van der Waals surface area contributed by atoms with Crippen molar-refractivity contribution in [2.75, 3.05) is 19.7 Å². The van der Waals surface area contributed by atoms with Crippen LogP contribution in [0.4, 0.5) is 0 Å². The van der Waals surface area contributed by atoms with Crippen molar-refractivity contribution in [2.24, 2.45) is 5.92 Å². The third kappa shape index (κ3) is 4.03. The van der Waals surface area contributed by atoms with Gasteiger partial charge in [-0.15, -0.1) is 0 Å². The molecule has 0 aliphatic carbocycles. The minimum atomic E-state index is -0.601. The highest BCUT2D eigenvalue weighted by Crippen LogP contribution is 2.36. The summed E-state index contributed by atoms with van der Waals surface area (Å²) in [7, 11) is 0. The van der Waals surface area contributed by atoms with E-state index in [0.717, 1.165) is 23.1 Å². The Bertz CT molecular complexity index is 771. The number of aliphatic hydroxyl groups is 1. The Kier molecular flexibility index (Phi) is 5.60. The van der Waals surface area contributed by atoms with Crippen LogP contribution in [0.1, 0.15) is 37.3 Å². The fourth-order valence-electron chi connectivity index (χ4n) is 3.66. The fraction of sp³-hybridized carbons (Fsp3) is 0.450. The van der Waals surface area contributed by atoms with Crippen LogP contribution in [0.15, 0.2) is 30.3 Å². The van der Waals surface area contributed by atoms with E-state index < -0.39 is 18.8 Å². The summed E-state index contributed by atoms with van der Waals surface area (Å²) in [6.45, 7) is 3.89. The van der Waals surface area contributed by atoms with Gasteiger partial charge in [0.25, 0.3) is 0 Å². The van der Waals surface area contributed by atoms with Gasteiger partial charge >= 0.3 is 5.97 Å². The van der Waals surface area contributed by atoms with Gasteiger partial charge in [0, 0.05) is 25.9 Å². The molecule has 0 aromatic heterocycles. The van der Waals surface area contributed by atoms with Gasteiger partial charge in [-0.2, -0.15) is 0 Å². The molecule has 0 radical (unpaired) electrons. The molecular weight excluding hydrogens is 348 g/mol. The number of nitrogens with one attached hydrogen (secondary N) is 1. The molecule has 7 nitrogen and oxygen atoms in total. The first kappa shape index (κ1) is 19.1. The SMILES string of the molecule is CC(=O)N[C@@H]1OC(=O)C(c2ccc(C3=CCN(C(=O)CO)CC3)cc2)C1C. The molecule has 2 unspecified atom stereocenters. The second-order valence-electron chi connectivity index (χ2n) is 6.99. The van der Waals surface area contributed by atoms with Gasteiger partial charge in [-0.25, -0.2) is 0 Å². The number of hydrogen-bond acceptors (Lipinski definition) is 5. The van der Waals surface area contributed by atoms with Crippen molar-refractivity contribution in [1.82, 2.24) is 10.2 Å². The summed E-state index contributed by atoms with van der Waals surface area (Å²) in [6.07, 6.45) is 2.11. The lowest BCUT2D eigenvalue weighted by Gasteiger charge is -2.26. The number of aliphatic hydroxyl groups excluding tert-OH is 1. The van der Waals surface area contributed by atoms with Gasteiger partial charge in [0.1, 0.15) is 6.61 Å². The molecule has 1 saturated heterocycles. The molecule has 0 spiro atoms. The molecule has 27 heavy (non-hydrogen) atoms. The molecule has 2 amide bonds. The number of benzene rings is 1. The molecule has 3 rings (SSSR count). The van der Waals surface area contributed by atoms with Crippen LogP contribution in [0, 0.1) is 5.92 Å². The average molecular weight is 372 g/mol. The first-order chi connectivity index (χ1) is 12.9. The Morgan fingerprint density at radius 1 is 1.30 bits per heavy atom. The summed E-state index contributed by atoms with van der Waals surface area (Å²) in [5.41, 5.74) is 3.05. The number of carbonyl (C=O) groups excluding carboxylic acids is 3. The van der Waals surface area contributed by atoms with Crippen LogP contribution in [0.5, 0.6) is 0 Å². The lowest BCUT2D eigenvalue weighted by Crippen LogP contribution is -2.36. The van der Waals surface area contributed by atoms with Crippen molar-refractivity contribution in [3.8, 4) is 0 Å².